The van der Waals surface area contributed by atoms with Crippen LogP contribution >= 0.6 is 11.6 Å². The Morgan fingerprint density at radius 3 is 2.34 bits per heavy atom. The second-order valence-electron chi connectivity index (χ2n) is 10.1. The Balaban J connectivity index is 1.80. The minimum atomic E-state index is -0.360. The fraction of sp³-hybridized carbons (Fsp3) is 0.370. The Morgan fingerprint density at radius 1 is 1.06 bits per heavy atom. The Morgan fingerprint density at radius 2 is 1.74 bits per heavy atom. The number of rotatable bonds is 7. The van der Waals surface area contributed by atoms with Crippen molar-refractivity contribution in [2.45, 2.75) is 47.0 Å². The average Bonchev–Trinajstić information content (AvgIpc) is 3.20. The maximum absolute atomic E-state index is 13.1. The van der Waals surface area contributed by atoms with Crippen molar-refractivity contribution >= 4 is 35.0 Å². The molecule has 0 saturated heterocycles. The zero-order chi connectivity index (χ0) is 25.8. The van der Waals surface area contributed by atoms with Crippen LogP contribution in [0.1, 0.15) is 45.9 Å². The highest BCUT2D eigenvalue weighted by Gasteiger charge is 2.23. The number of carbonyl (C=O) groups excluding carboxylic acids is 2. The number of carbonyl (C=O) groups is 2. The van der Waals surface area contributed by atoms with Gasteiger partial charge in [0.25, 0.3) is 0 Å². The molecule has 8 heteroatoms. The number of urea groups is 1. The van der Waals surface area contributed by atoms with Crippen LogP contribution in [0.5, 0.6) is 0 Å². The first-order valence-electron chi connectivity index (χ1n) is 11.7. The molecule has 0 spiro atoms. The third kappa shape index (κ3) is 7.09. The van der Waals surface area contributed by atoms with Crippen molar-refractivity contribution in [1.82, 2.24) is 14.7 Å². The number of amides is 3. The van der Waals surface area contributed by atoms with Gasteiger partial charge in [-0.1, -0.05) is 70.5 Å². The van der Waals surface area contributed by atoms with Crippen LogP contribution in [0.2, 0.25) is 5.02 Å². The molecule has 3 amide bonds. The lowest BCUT2D eigenvalue weighted by molar-refractivity contribution is -0.116. The second kappa shape index (κ2) is 11.0. The molecule has 0 aliphatic carbocycles. The molecule has 35 heavy (non-hydrogen) atoms. The van der Waals surface area contributed by atoms with Gasteiger partial charge in [0.05, 0.1) is 11.4 Å². The van der Waals surface area contributed by atoms with Gasteiger partial charge in [0, 0.05) is 28.7 Å². The molecule has 3 aromatic rings. The SMILES string of the molecule is Cc1ccc(NC(=O)N(CC(=O)Nc2cc(C(C)(C)C)nn2-c2ccccc2)CC(C)C)cc1Cl. The first-order chi connectivity index (χ1) is 16.4. The standard InChI is InChI=1S/C27H34ClN5O2/c1-18(2)16-32(26(35)29-20-13-12-19(3)22(28)14-20)17-25(34)30-24-15-23(27(4,5)6)31-33(24)21-10-8-7-9-11-21/h7-15,18H,16-17H2,1-6H3,(H,29,35)(H,30,34). The van der Waals surface area contributed by atoms with Gasteiger partial charge in [-0.05, 0) is 42.7 Å². The highest BCUT2D eigenvalue weighted by Crippen LogP contribution is 2.26. The third-order valence-corrected chi connectivity index (χ3v) is 5.78. The summed E-state index contributed by atoms with van der Waals surface area (Å²) in [7, 11) is 0. The van der Waals surface area contributed by atoms with E-state index in [2.05, 4.69) is 31.4 Å². The van der Waals surface area contributed by atoms with E-state index in [4.69, 9.17) is 16.7 Å². The maximum Gasteiger partial charge on any atom is 0.322 e. The van der Waals surface area contributed by atoms with Gasteiger partial charge in [-0.2, -0.15) is 5.10 Å². The first kappa shape index (κ1) is 26.3. The van der Waals surface area contributed by atoms with E-state index in [-0.39, 0.29) is 29.8 Å². The van der Waals surface area contributed by atoms with Gasteiger partial charge in [0.2, 0.25) is 5.91 Å². The van der Waals surface area contributed by atoms with Crippen LogP contribution in [-0.4, -0.2) is 39.7 Å². The van der Waals surface area contributed by atoms with E-state index < -0.39 is 0 Å². The van der Waals surface area contributed by atoms with E-state index in [0.29, 0.717) is 23.1 Å². The van der Waals surface area contributed by atoms with Crippen LogP contribution in [0.15, 0.2) is 54.6 Å². The minimum Gasteiger partial charge on any atom is -0.315 e. The Kier molecular flexibility index (Phi) is 8.22. The summed E-state index contributed by atoms with van der Waals surface area (Å²) < 4.78 is 1.72. The number of hydrogen-bond donors (Lipinski definition) is 2. The molecule has 2 N–H and O–H groups in total. The minimum absolute atomic E-state index is 0.103. The van der Waals surface area contributed by atoms with Crippen LogP contribution in [0, 0.1) is 12.8 Å². The summed E-state index contributed by atoms with van der Waals surface area (Å²) >= 11 is 6.20. The molecule has 7 nitrogen and oxygen atoms in total. The molecule has 0 radical (unpaired) electrons. The lowest BCUT2D eigenvalue weighted by Crippen LogP contribution is -2.42. The molecule has 0 saturated carbocycles. The maximum atomic E-state index is 13.1. The first-order valence-corrected chi connectivity index (χ1v) is 12.1. The zero-order valence-electron chi connectivity index (χ0n) is 21.2. The summed E-state index contributed by atoms with van der Waals surface area (Å²) in [6.07, 6.45) is 0. The van der Waals surface area contributed by atoms with E-state index in [1.165, 1.54) is 4.90 Å². The summed E-state index contributed by atoms with van der Waals surface area (Å²) in [6.45, 7) is 12.4. The molecule has 0 atom stereocenters. The Hall–Kier alpha value is -3.32. The number of hydrogen-bond acceptors (Lipinski definition) is 3. The van der Waals surface area contributed by atoms with Crippen molar-refractivity contribution in [3.05, 3.63) is 70.9 Å². The Bertz CT molecular complexity index is 1180. The zero-order valence-corrected chi connectivity index (χ0v) is 22.0. The number of halogens is 1. The topological polar surface area (TPSA) is 79.3 Å². The lowest BCUT2D eigenvalue weighted by Gasteiger charge is -2.24. The molecule has 0 aliphatic rings. The van der Waals surface area contributed by atoms with Gasteiger partial charge in [-0.15, -0.1) is 0 Å². The monoisotopic (exact) mass is 495 g/mol. The number of anilines is 2. The van der Waals surface area contributed by atoms with Crippen molar-refractivity contribution in [3.8, 4) is 5.69 Å². The number of nitrogens with one attached hydrogen (secondary N) is 2. The van der Waals surface area contributed by atoms with E-state index >= 15 is 0 Å². The van der Waals surface area contributed by atoms with Crippen molar-refractivity contribution in [3.63, 3.8) is 0 Å². The third-order valence-electron chi connectivity index (χ3n) is 5.38. The molecule has 1 aromatic heterocycles. The number of para-hydroxylation sites is 1. The highest BCUT2D eigenvalue weighted by molar-refractivity contribution is 6.31. The van der Waals surface area contributed by atoms with E-state index in [0.717, 1.165) is 16.9 Å². The van der Waals surface area contributed by atoms with Gasteiger partial charge in [-0.25, -0.2) is 9.48 Å². The second-order valence-corrected chi connectivity index (χ2v) is 10.5. The summed E-state index contributed by atoms with van der Waals surface area (Å²) in [5, 5.41) is 11.1. The van der Waals surface area contributed by atoms with Crippen molar-refractivity contribution in [2.75, 3.05) is 23.7 Å². The largest absolute Gasteiger partial charge is 0.322 e. The van der Waals surface area contributed by atoms with E-state index in [9.17, 15) is 9.59 Å². The average molecular weight is 496 g/mol. The smallest absolute Gasteiger partial charge is 0.315 e. The van der Waals surface area contributed by atoms with Crippen LogP contribution in [0.3, 0.4) is 0 Å². The molecule has 0 fully saturated rings. The van der Waals surface area contributed by atoms with Gasteiger partial charge in [-0.3, -0.25) is 4.79 Å². The fourth-order valence-electron chi connectivity index (χ4n) is 3.49. The molecular formula is C27H34ClN5O2. The van der Waals surface area contributed by atoms with Crippen LogP contribution in [-0.2, 0) is 10.2 Å². The molecule has 0 aliphatic heterocycles. The molecule has 0 unspecified atom stereocenters. The predicted octanol–water partition coefficient (Wildman–Crippen LogP) is 6.26. The van der Waals surface area contributed by atoms with Crippen LogP contribution in [0.4, 0.5) is 16.3 Å². The normalized spacial score (nSPS) is 11.4. The summed E-state index contributed by atoms with van der Waals surface area (Å²) in [5.41, 5.74) is 3.00. The molecule has 2 aromatic carbocycles. The number of benzene rings is 2. The number of nitrogens with zero attached hydrogens (tertiary/aromatic N) is 3. The van der Waals surface area contributed by atoms with Crippen molar-refractivity contribution in [2.24, 2.45) is 5.92 Å². The Labute approximate surface area is 212 Å². The van der Waals surface area contributed by atoms with Crippen molar-refractivity contribution in [1.29, 1.82) is 0 Å². The quantitative estimate of drug-likeness (QED) is 0.406. The molecule has 3 rings (SSSR count). The molecule has 186 valence electrons. The summed E-state index contributed by atoms with van der Waals surface area (Å²) in [4.78, 5) is 27.6. The molecular weight excluding hydrogens is 462 g/mol. The lowest BCUT2D eigenvalue weighted by atomic mass is 9.92. The van der Waals surface area contributed by atoms with Crippen molar-refractivity contribution < 1.29 is 9.59 Å². The van der Waals surface area contributed by atoms with Gasteiger partial charge < -0.3 is 15.5 Å². The van der Waals surface area contributed by atoms with Gasteiger partial charge >= 0.3 is 6.03 Å². The van der Waals surface area contributed by atoms with E-state index in [1.54, 1.807) is 16.8 Å². The summed E-state index contributed by atoms with van der Waals surface area (Å²) in [5.74, 6) is 0.430. The van der Waals surface area contributed by atoms with Crippen LogP contribution < -0.4 is 10.6 Å². The van der Waals surface area contributed by atoms with Gasteiger partial charge in [0.1, 0.15) is 12.4 Å². The fourth-order valence-corrected chi connectivity index (χ4v) is 3.67. The van der Waals surface area contributed by atoms with Crippen LogP contribution in [0.25, 0.3) is 5.69 Å². The van der Waals surface area contributed by atoms with E-state index in [1.807, 2.05) is 63.2 Å². The number of aromatic nitrogens is 2. The summed E-state index contributed by atoms with van der Waals surface area (Å²) in [6, 6.07) is 16.5. The predicted molar refractivity (Wildman–Crippen MR) is 143 cm³/mol. The highest BCUT2D eigenvalue weighted by atomic mass is 35.5. The molecule has 1 heterocycles. The molecule has 0 bridgehead atoms. The number of aryl methyl sites for hydroxylation is 1. The van der Waals surface area contributed by atoms with Gasteiger partial charge in [0.15, 0.2) is 0 Å².